The molecule has 1 aromatic heterocycles. The van der Waals surface area contributed by atoms with Crippen LogP contribution in [0.25, 0.3) is 0 Å². The molecule has 0 aromatic carbocycles. The highest BCUT2D eigenvalue weighted by Gasteiger charge is 2.64. The van der Waals surface area contributed by atoms with E-state index in [0.717, 1.165) is 38.0 Å². The highest BCUT2D eigenvalue weighted by molar-refractivity contribution is 6.14. The Morgan fingerprint density at radius 3 is 2.77 bits per heavy atom. The molecule has 0 saturated heterocycles. The largest absolute Gasteiger partial charge is 0.377 e. The SMILES string of the molecule is C#C[C@]1(O)CC[C@H]2[C@@H]3CCC4Cc5nn(Cl)cc5C[C@]4(C)[C@H]3CC[C@@]21C. The lowest BCUT2D eigenvalue weighted by atomic mass is 9.44. The molecule has 5 rings (SSSR count). The third kappa shape index (κ3) is 1.98. The first-order chi connectivity index (χ1) is 12.3. The van der Waals surface area contributed by atoms with E-state index >= 15 is 0 Å². The lowest BCUT2D eigenvalue weighted by molar-refractivity contribution is -0.127. The van der Waals surface area contributed by atoms with Crippen LogP contribution in [0.4, 0.5) is 0 Å². The van der Waals surface area contributed by atoms with E-state index < -0.39 is 5.60 Å². The average Bonchev–Trinajstić information content (AvgIpc) is 3.08. The molecule has 0 bridgehead atoms. The van der Waals surface area contributed by atoms with Gasteiger partial charge in [-0.3, -0.25) is 0 Å². The quantitative estimate of drug-likeness (QED) is 0.693. The fraction of sp³-hybridized carbons (Fsp3) is 0.773. The van der Waals surface area contributed by atoms with Crippen LogP contribution in [0.5, 0.6) is 0 Å². The van der Waals surface area contributed by atoms with Gasteiger partial charge >= 0.3 is 0 Å². The standard InChI is InChI=1S/C22H29ClN2O/c1-4-22(26)10-8-18-16-6-5-15-11-19-14(13-25(23)24-19)12-20(15,2)17(16)7-9-21(18,22)3/h1,13,15-18,26H,5-12H2,2-3H3/t15?,16-,17+,18+,20+,21+,22+/m1/s1. The lowest BCUT2D eigenvalue weighted by Gasteiger charge is -2.60. The third-order valence-electron chi connectivity index (χ3n) is 9.32. The maximum Gasteiger partial charge on any atom is 0.130 e. The predicted molar refractivity (Wildman–Crippen MR) is 103 cm³/mol. The van der Waals surface area contributed by atoms with Crippen molar-refractivity contribution >= 4 is 11.8 Å². The van der Waals surface area contributed by atoms with Gasteiger partial charge in [0.25, 0.3) is 0 Å². The Kier molecular flexibility index (Phi) is 3.49. The Morgan fingerprint density at radius 1 is 1.23 bits per heavy atom. The number of rotatable bonds is 0. The third-order valence-corrected chi connectivity index (χ3v) is 9.49. The molecule has 1 aromatic rings. The molecule has 0 spiro atoms. The van der Waals surface area contributed by atoms with Crippen molar-refractivity contribution in [2.75, 3.05) is 0 Å². The lowest BCUT2D eigenvalue weighted by Crippen LogP contribution is -2.56. The number of aliphatic hydroxyl groups is 1. The van der Waals surface area contributed by atoms with Crippen molar-refractivity contribution in [2.45, 2.75) is 70.8 Å². The number of hydrogen-bond acceptors (Lipinski definition) is 2. The van der Waals surface area contributed by atoms with Gasteiger partial charge in [-0.1, -0.05) is 19.8 Å². The zero-order valence-corrected chi connectivity index (χ0v) is 16.6. The first kappa shape index (κ1) is 17.1. The van der Waals surface area contributed by atoms with Gasteiger partial charge in [0.1, 0.15) is 5.60 Å². The van der Waals surface area contributed by atoms with E-state index in [4.69, 9.17) is 18.2 Å². The molecule has 0 radical (unpaired) electrons. The summed E-state index contributed by atoms with van der Waals surface area (Å²) in [5.74, 6) is 5.49. The smallest absolute Gasteiger partial charge is 0.130 e. The topological polar surface area (TPSA) is 38.1 Å². The molecule has 4 aliphatic carbocycles. The molecule has 1 unspecified atom stereocenters. The summed E-state index contributed by atoms with van der Waals surface area (Å²) in [6.07, 6.45) is 16.7. The summed E-state index contributed by atoms with van der Waals surface area (Å²) in [4.78, 5) is 0. The second-order valence-corrected chi connectivity index (χ2v) is 10.4. The van der Waals surface area contributed by atoms with Crippen LogP contribution in [0.3, 0.4) is 0 Å². The molecule has 26 heavy (non-hydrogen) atoms. The number of nitrogens with zero attached hydrogens (tertiary/aromatic N) is 2. The normalized spacial score (nSPS) is 49.5. The molecule has 140 valence electrons. The number of aromatic nitrogens is 2. The molecule has 7 atom stereocenters. The van der Waals surface area contributed by atoms with Crippen molar-refractivity contribution in [3.05, 3.63) is 17.5 Å². The molecule has 4 heteroatoms. The van der Waals surface area contributed by atoms with Gasteiger partial charge in [0.15, 0.2) is 0 Å². The summed E-state index contributed by atoms with van der Waals surface area (Å²) in [5, 5.41) is 15.6. The summed E-state index contributed by atoms with van der Waals surface area (Å²) in [5.41, 5.74) is 1.88. The maximum absolute atomic E-state index is 11.1. The van der Waals surface area contributed by atoms with Crippen LogP contribution in [0, 0.1) is 46.8 Å². The van der Waals surface area contributed by atoms with Crippen LogP contribution in [0.15, 0.2) is 6.20 Å². The first-order valence-corrected chi connectivity index (χ1v) is 10.6. The molecule has 0 amide bonds. The fourth-order valence-corrected chi connectivity index (χ4v) is 7.98. The highest BCUT2D eigenvalue weighted by Crippen LogP contribution is 2.67. The summed E-state index contributed by atoms with van der Waals surface area (Å²) < 4.78 is 1.48. The van der Waals surface area contributed by atoms with Crippen LogP contribution in [0.1, 0.15) is 63.6 Å². The van der Waals surface area contributed by atoms with Gasteiger partial charge in [0, 0.05) is 23.4 Å². The molecule has 4 aliphatic rings. The Labute approximate surface area is 161 Å². The van der Waals surface area contributed by atoms with Crippen molar-refractivity contribution < 1.29 is 5.11 Å². The molecular weight excluding hydrogens is 344 g/mol. The Bertz CT molecular complexity index is 797. The van der Waals surface area contributed by atoms with Crippen molar-refractivity contribution in [3.8, 4) is 12.3 Å². The number of hydrogen-bond donors (Lipinski definition) is 1. The minimum atomic E-state index is -0.903. The van der Waals surface area contributed by atoms with E-state index in [1.165, 1.54) is 34.7 Å². The number of fused-ring (bicyclic) bond motifs is 6. The van der Waals surface area contributed by atoms with Gasteiger partial charge < -0.3 is 5.11 Å². The van der Waals surface area contributed by atoms with Crippen LogP contribution in [0.2, 0.25) is 0 Å². The zero-order valence-electron chi connectivity index (χ0n) is 15.8. The molecular formula is C22H29ClN2O. The Balaban J connectivity index is 1.50. The zero-order chi connectivity index (χ0) is 18.3. The van der Waals surface area contributed by atoms with Gasteiger partial charge in [-0.25, -0.2) is 0 Å². The van der Waals surface area contributed by atoms with Gasteiger partial charge in [-0.05, 0) is 86.0 Å². The highest BCUT2D eigenvalue weighted by atomic mass is 35.5. The van der Waals surface area contributed by atoms with Gasteiger partial charge in [0.2, 0.25) is 0 Å². The Morgan fingerprint density at radius 2 is 2.00 bits per heavy atom. The fourth-order valence-electron chi connectivity index (χ4n) is 7.77. The summed E-state index contributed by atoms with van der Waals surface area (Å²) in [6.45, 7) is 4.79. The van der Waals surface area contributed by atoms with E-state index in [1.807, 2.05) is 6.20 Å². The summed E-state index contributed by atoms with van der Waals surface area (Å²) in [6, 6.07) is 0. The second kappa shape index (κ2) is 5.30. The minimum Gasteiger partial charge on any atom is -0.377 e. The first-order valence-electron chi connectivity index (χ1n) is 10.2. The van der Waals surface area contributed by atoms with E-state index in [0.29, 0.717) is 23.2 Å². The second-order valence-electron chi connectivity index (χ2n) is 10.0. The maximum atomic E-state index is 11.1. The molecule has 3 nitrogen and oxygen atoms in total. The van der Waals surface area contributed by atoms with Crippen LogP contribution in [-0.2, 0) is 12.8 Å². The molecule has 3 fully saturated rings. The Hall–Kier alpha value is -0.980. The van der Waals surface area contributed by atoms with Crippen LogP contribution < -0.4 is 0 Å². The van der Waals surface area contributed by atoms with Crippen LogP contribution in [-0.4, -0.2) is 20.0 Å². The molecule has 1 N–H and O–H groups in total. The van der Waals surface area contributed by atoms with Crippen molar-refractivity contribution in [3.63, 3.8) is 0 Å². The van der Waals surface area contributed by atoms with Crippen molar-refractivity contribution in [2.24, 2.45) is 34.5 Å². The molecule has 1 heterocycles. The average molecular weight is 373 g/mol. The summed E-state index contributed by atoms with van der Waals surface area (Å²) >= 11 is 6.13. The molecule has 3 saturated carbocycles. The predicted octanol–water partition coefficient (Wildman–Crippen LogP) is 4.21. The van der Waals surface area contributed by atoms with Gasteiger partial charge in [-0.2, -0.15) is 9.30 Å². The van der Waals surface area contributed by atoms with E-state index in [1.54, 1.807) is 0 Å². The summed E-state index contributed by atoms with van der Waals surface area (Å²) in [7, 11) is 0. The monoisotopic (exact) mass is 372 g/mol. The van der Waals surface area contributed by atoms with Crippen molar-refractivity contribution in [1.82, 2.24) is 9.30 Å². The van der Waals surface area contributed by atoms with E-state index in [-0.39, 0.29) is 5.41 Å². The van der Waals surface area contributed by atoms with Crippen molar-refractivity contribution in [1.29, 1.82) is 0 Å². The van der Waals surface area contributed by atoms with Crippen LogP contribution >= 0.6 is 11.8 Å². The number of halogens is 1. The molecule has 0 aliphatic heterocycles. The van der Waals surface area contributed by atoms with E-state index in [2.05, 4.69) is 24.9 Å². The van der Waals surface area contributed by atoms with Gasteiger partial charge in [0.05, 0.1) is 5.69 Å². The minimum absolute atomic E-state index is 0.104. The van der Waals surface area contributed by atoms with E-state index in [9.17, 15) is 5.11 Å². The van der Waals surface area contributed by atoms with Gasteiger partial charge in [-0.15, -0.1) is 6.42 Å². The number of terminal acetylenes is 1.